The molecule has 2 nitrogen and oxygen atoms in total. The summed E-state index contributed by atoms with van der Waals surface area (Å²) in [5.74, 6) is 0. The SMILES string of the molecule is Clc1ccc2c(c1)CCC2N1CCCC1C1CCCN1. The van der Waals surface area contributed by atoms with Crippen LogP contribution in [-0.4, -0.2) is 30.1 Å². The highest BCUT2D eigenvalue weighted by atomic mass is 35.5. The molecule has 0 bridgehead atoms. The van der Waals surface area contributed by atoms with Gasteiger partial charge in [-0.05, 0) is 74.9 Å². The average molecular weight is 291 g/mol. The van der Waals surface area contributed by atoms with Crippen LogP contribution in [-0.2, 0) is 6.42 Å². The van der Waals surface area contributed by atoms with Gasteiger partial charge in [0.25, 0.3) is 0 Å². The summed E-state index contributed by atoms with van der Waals surface area (Å²) in [6, 6.07) is 8.63. The van der Waals surface area contributed by atoms with E-state index in [0.29, 0.717) is 6.04 Å². The number of rotatable bonds is 2. The Hall–Kier alpha value is -0.570. The Morgan fingerprint density at radius 1 is 1.15 bits per heavy atom. The number of fused-ring (bicyclic) bond motifs is 1. The van der Waals surface area contributed by atoms with Crippen molar-refractivity contribution in [2.24, 2.45) is 0 Å². The molecule has 3 atom stereocenters. The molecule has 0 radical (unpaired) electrons. The zero-order chi connectivity index (χ0) is 13.5. The number of nitrogens with one attached hydrogen (secondary N) is 1. The molecule has 108 valence electrons. The van der Waals surface area contributed by atoms with E-state index in [4.69, 9.17) is 11.6 Å². The van der Waals surface area contributed by atoms with E-state index in [9.17, 15) is 0 Å². The van der Waals surface area contributed by atoms with Crippen LogP contribution in [0.3, 0.4) is 0 Å². The largest absolute Gasteiger partial charge is 0.312 e. The van der Waals surface area contributed by atoms with Gasteiger partial charge in [-0.2, -0.15) is 0 Å². The molecular weight excluding hydrogens is 268 g/mol. The molecule has 3 heteroatoms. The Morgan fingerprint density at radius 3 is 2.95 bits per heavy atom. The molecule has 0 saturated carbocycles. The molecule has 20 heavy (non-hydrogen) atoms. The summed E-state index contributed by atoms with van der Waals surface area (Å²) >= 11 is 6.14. The third kappa shape index (κ3) is 2.18. The lowest BCUT2D eigenvalue weighted by atomic mass is 10.0. The predicted octanol–water partition coefficient (Wildman–Crippen LogP) is 3.54. The maximum absolute atomic E-state index is 6.14. The van der Waals surface area contributed by atoms with Crippen LogP contribution in [0.1, 0.15) is 49.3 Å². The highest BCUT2D eigenvalue weighted by molar-refractivity contribution is 6.30. The van der Waals surface area contributed by atoms with Crippen molar-refractivity contribution in [3.05, 3.63) is 34.3 Å². The highest BCUT2D eigenvalue weighted by Gasteiger charge is 2.39. The smallest absolute Gasteiger partial charge is 0.0408 e. The van der Waals surface area contributed by atoms with Gasteiger partial charge in [0.2, 0.25) is 0 Å². The number of benzene rings is 1. The Balaban J connectivity index is 1.59. The third-order valence-corrected chi connectivity index (χ3v) is 5.69. The van der Waals surface area contributed by atoms with Crippen molar-refractivity contribution in [1.82, 2.24) is 10.2 Å². The van der Waals surface area contributed by atoms with Crippen LogP contribution in [0.15, 0.2) is 18.2 Å². The second-order valence-corrected chi connectivity index (χ2v) is 6.98. The zero-order valence-corrected chi connectivity index (χ0v) is 12.7. The van der Waals surface area contributed by atoms with Crippen molar-refractivity contribution >= 4 is 11.6 Å². The van der Waals surface area contributed by atoms with Crippen LogP contribution < -0.4 is 5.32 Å². The molecule has 3 unspecified atom stereocenters. The molecule has 1 N–H and O–H groups in total. The monoisotopic (exact) mass is 290 g/mol. The molecule has 0 aromatic heterocycles. The quantitative estimate of drug-likeness (QED) is 0.896. The number of hydrogen-bond acceptors (Lipinski definition) is 2. The fraction of sp³-hybridized carbons (Fsp3) is 0.647. The van der Waals surface area contributed by atoms with Gasteiger partial charge in [-0.15, -0.1) is 0 Å². The average Bonchev–Trinajstić information content (AvgIpc) is 3.17. The first-order valence-electron chi connectivity index (χ1n) is 8.10. The maximum atomic E-state index is 6.14. The molecule has 2 heterocycles. The molecule has 2 fully saturated rings. The lowest BCUT2D eigenvalue weighted by Crippen LogP contribution is -2.45. The summed E-state index contributed by atoms with van der Waals surface area (Å²) in [5.41, 5.74) is 3.02. The first-order valence-corrected chi connectivity index (χ1v) is 8.48. The van der Waals surface area contributed by atoms with Crippen LogP contribution in [0.25, 0.3) is 0 Å². The van der Waals surface area contributed by atoms with Gasteiger partial charge in [0.15, 0.2) is 0 Å². The van der Waals surface area contributed by atoms with Gasteiger partial charge in [0.05, 0.1) is 0 Å². The van der Waals surface area contributed by atoms with Crippen molar-refractivity contribution < 1.29 is 0 Å². The van der Waals surface area contributed by atoms with Gasteiger partial charge in [0.1, 0.15) is 0 Å². The van der Waals surface area contributed by atoms with E-state index in [1.54, 1.807) is 5.56 Å². The van der Waals surface area contributed by atoms with E-state index in [1.807, 2.05) is 0 Å². The number of aryl methyl sites for hydroxylation is 1. The van der Waals surface area contributed by atoms with Crippen LogP contribution in [0.2, 0.25) is 5.02 Å². The number of halogens is 1. The van der Waals surface area contributed by atoms with Crippen molar-refractivity contribution in [2.45, 2.75) is 56.7 Å². The third-order valence-electron chi connectivity index (χ3n) is 5.46. The lowest BCUT2D eigenvalue weighted by Gasteiger charge is -2.34. The van der Waals surface area contributed by atoms with Crippen molar-refractivity contribution in [2.75, 3.05) is 13.1 Å². The minimum absolute atomic E-state index is 0.636. The Morgan fingerprint density at radius 2 is 2.10 bits per heavy atom. The maximum Gasteiger partial charge on any atom is 0.0408 e. The molecule has 1 aromatic rings. The second-order valence-electron chi connectivity index (χ2n) is 6.55. The normalized spacial score (nSPS) is 33.8. The van der Waals surface area contributed by atoms with Crippen LogP contribution in [0.4, 0.5) is 0 Å². The van der Waals surface area contributed by atoms with E-state index in [-0.39, 0.29) is 0 Å². The highest BCUT2D eigenvalue weighted by Crippen LogP contribution is 2.41. The van der Waals surface area contributed by atoms with E-state index >= 15 is 0 Å². The first kappa shape index (κ1) is 13.1. The van der Waals surface area contributed by atoms with Gasteiger partial charge < -0.3 is 5.32 Å². The van der Waals surface area contributed by atoms with Gasteiger partial charge in [-0.3, -0.25) is 4.90 Å². The molecule has 0 spiro atoms. The zero-order valence-electron chi connectivity index (χ0n) is 11.9. The molecule has 1 aromatic carbocycles. The van der Waals surface area contributed by atoms with Gasteiger partial charge >= 0.3 is 0 Å². The molecule has 3 aliphatic rings. The summed E-state index contributed by atoms with van der Waals surface area (Å²) in [4.78, 5) is 2.79. The minimum Gasteiger partial charge on any atom is -0.312 e. The molecule has 1 aliphatic carbocycles. The van der Waals surface area contributed by atoms with Gasteiger partial charge in [-0.1, -0.05) is 17.7 Å². The minimum atomic E-state index is 0.636. The van der Waals surface area contributed by atoms with Crippen LogP contribution >= 0.6 is 11.6 Å². The van der Waals surface area contributed by atoms with E-state index in [0.717, 1.165) is 17.1 Å². The summed E-state index contributed by atoms with van der Waals surface area (Å²) in [7, 11) is 0. The molecule has 4 rings (SSSR count). The van der Waals surface area contributed by atoms with Crippen LogP contribution in [0.5, 0.6) is 0 Å². The molecular formula is C17H23ClN2. The first-order chi connectivity index (χ1) is 9.83. The number of hydrogen-bond donors (Lipinski definition) is 1. The van der Waals surface area contributed by atoms with Gasteiger partial charge in [-0.25, -0.2) is 0 Å². The Labute approximate surface area is 126 Å². The summed E-state index contributed by atoms with van der Waals surface area (Å²) < 4.78 is 0. The predicted molar refractivity (Wildman–Crippen MR) is 83.3 cm³/mol. The summed E-state index contributed by atoms with van der Waals surface area (Å²) in [6.07, 6.45) is 7.92. The standard InChI is InChI=1S/C17H23ClN2/c18-13-6-7-14-12(11-13)5-8-16(14)20-10-2-4-17(20)15-3-1-9-19-15/h6-7,11,15-17,19H,1-5,8-10H2. The summed E-state index contributed by atoms with van der Waals surface area (Å²) in [6.45, 7) is 2.49. The fourth-order valence-electron chi connectivity index (χ4n) is 4.58. The second kappa shape index (κ2) is 5.32. The van der Waals surface area contributed by atoms with E-state index in [2.05, 4.69) is 28.4 Å². The molecule has 0 amide bonds. The van der Waals surface area contributed by atoms with Crippen molar-refractivity contribution in [3.63, 3.8) is 0 Å². The lowest BCUT2D eigenvalue weighted by molar-refractivity contribution is 0.152. The van der Waals surface area contributed by atoms with E-state index in [1.165, 1.54) is 57.2 Å². The van der Waals surface area contributed by atoms with Gasteiger partial charge in [0, 0.05) is 23.1 Å². The topological polar surface area (TPSA) is 15.3 Å². The van der Waals surface area contributed by atoms with Crippen molar-refractivity contribution in [3.8, 4) is 0 Å². The fourth-order valence-corrected chi connectivity index (χ4v) is 4.78. The Bertz CT molecular complexity index is 496. The van der Waals surface area contributed by atoms with E-state index < -0.39 is 0 Å². The summed E-state index contributed by atoms with van der Waals surface area (Å²) in [5, 5.41) is 4.61. The number of likely N-dealkylation sites (tertiary alicyclic amines) is 1. The number of nitrogens with zero attached hydrogens (tertiary/aromatic N) is 1. The van der Waals surface area contributed by atoms with Crippen LogP contribution in [0, 0.1) is 0 Å². The molecule has 2 aliphatic heterocycles. The Kier molecular flexibility index (Phi) is 3.49. The van der Waals surface area contributed by atoms with Crippen molar-refractivity contribution in [1.29, 1.82) is 0 Å². The molecule has 2 saturated heterocycles.